The van der Waals surface area contributed by atoms with Crippen molar-refractivity contribution in [3.8, 4) is 0 Å². The number of nitrogens with one attached hydrogen (secondary N) is 2. The Hall–Kier alpha value is -2.87. The summed E-state index contributed by atoms with van der Waals surface area (Å²) < 4.78 is 1.97. The van der Waals surface area contributed by atoms with Gasteiger partial charge in [0.1, 0.15) is 0 Å². The van der Waals surface area contributed by atoms with Crippen LogP contribution in [0.2, 0.25) is 0 Å². The summed E-state index contributed by atoms with van der Waals surface area (Å²) in [5.74, 6) is 0.0479. The van der Waals surface area contributed by atoms with Gasteiger partial charge in [0.05, 0.1) is 18.8 Å². The van der Waals surface area contributed by atoms with Gasteiger partial charge in [-0.3, -0.25) is 14.4 Å². The molecule has 0 spiro atoms. The van der Waals surface area contributed by atoms with Gasteiger partial charge in [-0.05, 0) is 51.0 Å². The Morgan fingerprint density at radius 3 is 2.52 bits per heavy atom. The zero-order valence-corrected chi connectivity index (χ0v) is 19.0. The summed E-state index contributed by atoms with van der Waals surface area (Å²) in [6.07, 6.45) is 0.919. The standard InChI is InChI=1S/C23H34N6O2/c1-5-17(2)24-22(30)16-27-9-11-28(12-10-27)23(31)25-21-8-6-7-20(14-21)15-29-19(4)13-18(3)26-29/h6-8,13-14,17H,5,9-12,15-16H2,1-4H3,(H,24,30)(H,25,31). The Morgan fingerprint density at radius 1 is 1.13 bits per heavy atom. The van der Waals surface area contributed by atoms with Gasteiger partial charge in [-0.25, -0.2) is 4.79 Å². The van der Waals surface area contributed by atoms with Gasteiger partial charge in [0.2, 0.25) is 5.91 Å². The highest BCUT2D eigenvalue weighted by Crippen LogP contribution is 2.14. The average molecular weight is 427 g/mol. The fraction of sp³-hybridized carbons (Fsp3) is 0.522. The quantitative estimate of drug-likeness (QED) is 0.713. The van der Waals surface area contributed by atoms with Gasteiger partial charge < -0.3 is 15.5 Å². The van der Waals surface area contributed by atoms with Crippen LogP contribution in [0.3, 0.4) is 0 Å². The summed E-state index contributed by atoms with van der Waals surface area (Å²) in [5.41, 5.74) is 3.97. The molecule has 2 N–H and O–H groups in total. The van der Waals surface area contributed by atoms with E-state index in [9.17, 15) is 9.59 Å². The highest BCUT2D eigenvalue weighted by molar-refractivity contribution is 5.89. The van der Waals surface area contributed by atoms with E-state index in [4.69, 9.17) is 0 Å². The molecular weight excluding hydrogens is 392 g/mol. The van der Waals surface area contributed by atoms with Gasteiger partial charge in [-0.1, -0.05) is 19.1 Å². The number of aryl methyl sites for hydroxylation is 2. The summed E-state index contributed by atoms with van der Waals surface area (Å²) in [7, 11) is 0. The molecule has 1 unspecified atom stereocenters. The number of carbonyl (C=O) groups excluding carboxylic acids is 2. The second kappa shape index (κ2) is 10.4. The minimum atomic E-state index is -0.105. The van der Waals surface area contributed by atoms with E-state index in [-0.39, 0.29) is 18.0 Å². The molecule has 3 rings (SSSR count). The number of nitrogens with zero attached hydrogens (tertiary/aromatic N) is 4. The Bertz CT molecular complexity index is 901. The zero-order valence-electron chi connectivity index (χ0n) is 19.0. The number of anilines is 1. The van der Waals surface area contributed by atoms with Crippen molar-refractivity contribution in [3.05, 3.63) is 47.3 Å². The third-order valence-corrected chi connectivity index (χ3v) is 5.66. The number of hydrogen-bond donors (Lipinski definition) is 2. The number of piperazine rings is 1. The molecule has 3 amide bonds. The van der Waals surface area contributed by atoms with Gasteiger partial charge in [-0.15, -0.1) is 0 Å². The molecule has 2 aromatic rings. The summed E-state index contributed by atoms with van der Waals surface area (Å²) in [5, 5.41) is 10.5. The molecule has 0 aliphatic carbocycles. The molecule has 0 saturated carbocycles. The lowest BCUT2D eigenvalue weighted by atomic mass is 10.2. The first-order valence-corrected chi connectivity index (χ1v) is 11.0. The Balaban J connectivity index is 1.49. The van der Waals surface area contributed by atoms with Crippen LogP contribution in [0.4, 0.5) is 10.5 Å². The molecule has 8 heteroatoms. The largest absolute Gasteiger partial charge is 0.353 e. The minimum absolute atomic E-state index is 0.0479. The predicted molar refractivity (Wildman–Crippen MR) is 122 cm³/mol. The smallest absolute Gasteiger partial charge is 0.321 e. The molecule has 1 atom stereocenters. The first kappa shape index (κ1) is 22.8. The first-order valence-electron chi connectivity index (χ1n) is 11.0. The van der Waals surface area contributed by atoms with Crippen molar-refractivity contribution in [1.29, 1.82) is 0 Å². The molecule has 0 radical (unpaired) electrons. The third-order valence-electron chi connectivity index (χ3n) is 5.66. The van der Waals surface area contributed by atoms with Crippen LogP contribution in [-0.2, 0) is 11.3 Å². The fourth-order valence-electron chi connectivity index (χ4n) is 3.69. The molecule has 31 heavy (non-hydrogen) atoms. The van der Waals surface area contributed by atoms with E-state index >= 15 is 0 Å². The second-order valence-corrected chi connectivity index (χ2v) is 8.36. The lowest BCUT2D eigenvalue weighted by Gasteiger charge is -2.34. The van der Waals surface area contributed by atoms with Gasteiger partial charge in [-0.2, -0.15) is 5.10 Å². The van der Waals surface area contributed by atoms with Gasteiger partial charge in [0, 0.05) is 43.6 Å². The number of rotatable bonds is 7. The van der Waals surface area contributed by atoms with E-state index in [2.05, 4.69) is 33.6 Å². The van der Waals surface area contributed by atoms with E-state index in [0.29, 0.717) is 39.3 Å². The lowest BCUT2D eigenvalue weighted by molar-refractivity contribution is -0.123. The van der Waals surface area contributed by atoms with Crippen LogP contribution in [-0.4, -0.2) is 70.3 Å². The van der Waals surface area contributed by atoms with Crippen LogP contribution >= 0.6 is 0 Å². The van der Waals surface area contributed by atoms with Crippen LogP contribution in [0.1, 0.15) is 37.2 Å². The van der Waals surface area contributed by atoms with Crippen LogP contribution in [0.15, 0.2) is 30.3 Å². The average Bonchev–Trinajstić information content (AvgIpc) is 3.05. The van der Waals surface area contributed by atoms with E-state index in [0.717, 1.165) is 29.1 Å². The third kappa shape index (κ3) is 6.55. The maximum absolute atomic E-state index is 12.7. The van der Waals surface area contributed by atoms with Crippen LogP contribution in [0.5, 0.6) is 0 Å². The van der Waals surface area contributed by atoms with Crippen molar-refractivity contribution in [3.63, 3.8) is 0 Å². The molecule has 1 aliphatic rings. The maximum Gasteiger partial charge on any atom is 0.321 e. The predicted octanol–water partition coefficient (Wildman–Crippen LogP) is 2.61. The first-order chi connectivity index (χ1) is 14.8. The number of carbonyl (C=O) groups is 2. The number of benzene rings is 1. The molecule has 2 heterocycles. The van der Waals surface area contributed by atoms with Gasteiger partial charge in [0.25, 0.3) is 0 Å². The molecule has 1 aromatic carbocycles. The monoisotopic (exact) mass is 426 g/mol. The Kier molecular flexibility index (Phi) is 7.68. The summed E-state index contributed by atoms with van der Waals surface area (Å²) in [4.78, 5) is 28.7. The van der Waals surface area contributed by atoms with E-state index < -0.39 is 0 Å². The summed E-state index contributed by atoms with van der Waals surface area (Å²) in [6, 6.07) is 10.0. The molecule has 1 aliphatic heterocycles. The lowest BCUT2D eigenvalue weighted by Crippen LogP contribution is -2.52. The van der Waals surface area contributed by atoms with Crippen LogP contribution < -0.4 is 10.6 Å². The highest BCUT2D eigenvalue weighted by Gasteiger charge is 2.22. The second-order valence-electron chi connectivity index (χ2n) is 8.36. The molecule has 8 nitrogen and oxygen atoms in total. The summed E-state index contributed by atoms with van der Waals surface area (Å²) >= 11 is 0. The van der Waals surface area contributed by atoms with Gasteiger partial charge in [0.15, 0.2) is 0 Å². The molecule has 0 bridgehead atoms. The fourth-order valence-corrected chi connectivity index (χ4v) is 3.69. The molecule has 1 fully saturated rings. The SMILES string of the molecule is CCC(C)NC(=O)CN1CCN(C(=O)Nc2cccc(Cn3nc(C)cc3C)c2)CC1. The molecule has 1 aromatic heterocycles. The van der Waals surface area contributed by atoms with Crippen LogP contribution in [0, 0.1) is 13.8 Å². The maximum atomic E-state index is 12.7. The number of urea groups is 1. The number of amides is 3. The van der Waals surface area contributed by atoms with Crippen molar-refractivity contribution >= 4 is 17.6 Å². The Morgan fingerprint density at radius 2 is 1.87 bits per heavy atom. The van der Waals surface area contributed by atoms with E-state index in [1.807, 2.05) is 49.7 Å². The van der Waals surface area contributed by atoms with Crippen LogP contribution in [0.25, 0.3) is 0 Å². The van der Waals surface area contributed by atoms with Gasteiger partial charge >= 0.3 is 6.03 Å². The molecule has 168 valence electrons. The number of aromatic nitrogens is 2. The van der Waals surface area contributed by atoms with Crippen molar-refractivity contribution in [2.24, 2.45) is 0 Å². The summed E-state index contributed by atoms with van der Waals surface area (Å²) in [6.45, 7) is 11.7. The van der Waals surface area contributed by atoms with Crippen molar-refractivity contribution in [1.82, 2.24) is 24.9 Å². The molecule has 1 saturated heterocycles. The van der Waals surface area contributed by atoms with E-state index in [1.165, 1.54) is 0 Å². The number of hydrogen-bond acceptors (Lipinski definition) is 4. The van der Waals surface area contributed by atoms with Crippen molar-refractivity contribution in [2.45, 2.75) is 46.7 Å². The van der Waals surface area contributed by atoms with Crippen molar-refractivity contribution < 1.29 is 9.59 Å². The topological polar surface area (TPSA) is 82.5 Å². The normalized spacial score (nSPS) is 15.5. The Labute approximate surface area is 184 Å². The minimum Gasteiger partial charge on any atom is -0.353 e. The molecular formula is C23H34N6O2. The zero-order chi connectivity index (χ0) is 22.4. The van der Waals surface area contributed by atoms with Crippen molar-refractivity contribution in [2.75, 3.05) is 38.0 Å². The highest BCUT2D eigenvalue weighted by atomic mass is 16.2. The van der Waals surface area contributed by atoms with E-state index in [1.54, 1.807) is 4.90 Å².